The number of nitroso groups, excluding NO2 is 1. The van der Waals surface area contributed by atoms with E-state index in [1.807, 2.05) is 5.18 Å². The zero-order valence-corrected chi connectivity index (χ0v) is 3.11. The molecule has 0 amide bonds. The van der Waals surface area contributed by atoms with Gasteiger partial charge in [-0.2, -0.15) is 0 Å². The van der Waals surface area contributed by atoms with E-state index in [1.54, 1.807) is 5.75 Å². The van der Waals surface area contributed by atoms with E-state index in [-0.39, 0.29) is 0 Å². The van der Waals surface area contributed by atoms with Gasteiger partial charge in [-0.1, -0.05) is 0 Å². The molecule has 0 N–H and O–H groups in total. The van der Waals surface area contributed by atoms with Crippen LogP contribution in [0.25, 0.3) is 0 Å². The Labute approximate surface area is 29.5 Å². The fourth-order valence-corrected chi connectivity index (χ4v) is 0.0500. The van der Waals surface area contributed by atoms with Crippen LogP contribution in [0.15, 0.2) is 5.18 Å². The van der Waals surface area contributed by atoms with E-state index < -0.39 is 7.92 Å². The first-order valence-electron chi connectivity index (χ1n) is 0.812. The summed E-state index contributed by atoms with van der Waals surface area (Å²) in [5, 5.41) is 2.03. The second kappa shape index (κ2) is 3.61. The molecule has 4 heteroatoms. The third kappa shape index (κ3) is 3.61. The van der Waals surface area contributed by atoms with Crippen LogP contribution >= 0.6 is 7.92 Å². The fraction of sp³-hybridized carbons (Fsp3) is 0. The standard InChI is InChI=1S/CNO2P/c3-2-1-5-4. The summed E-state index contributed by atoms with van der Waals surface area (Å²) in [6.07, 6.45) is 0. The number of nitrogens with zero attached hydrogens (tertiary/aromatic N) is 1. The molecule has 0 aromatic heterocycles. The Morgan fingerprint density at radius 2 is 2.40 bits per heavy atom. The Morgan fingerprint density at radius 1 is 1.80 bits per heavy atom. The Kier molecular flexibility index (Phi) is 3.33. The van der Waals surface area contributed by atoms with Gasteiger partial charge in [-0.3, -0.25) is 0 Å². The van der Waals surface area contributed by atoms with Crippen LogP contribution in [0.3, 0.4) is 0 Å². The summed E-state index contributed by atoms with van der Waals surface area (Å²) >= 11 is 0. The van der Waals surface area contributed by atoms with E-state index in [9.17, 15) is 0 Å². The predicted octanol–water partition coefficient (Wildman–Crippen LogP) is 0.961. The van der Waals surface area contributed by atoms with E-state index in [2.05, 4.69) is 0 Å². The third-order valence-electron chi connectivity index (χ3n) is 0.0816. The van der Waals surface area contributed by atoms with Crippen molar-refractivity contribution in [3.8, 4) is 5.75 Å². The van der Waals surface area contributed by atoms with Gasteiger partial charge in [-0.15, -0.1) is 0 Å². The van der Waals surface area contributed by atoms with Crippen molar-refractivity contribution < 1.29 is 4.57 Å². The molecule has 0 fully saturated rings. The SMILES string of the molecule is O=NC#P=O. The molecule has 3 nitrogen and oxygen atoms in total. The monoisotopic (exact) mass is 89.0 g/mol. The van der Waals surface area contributed by atoms with Gasteiger partial charge in [-0.25, -0.2) is 0 Å². The molecule has 0 aliphatic rings. The van der Waals surface area contributed by atoms with Crippen LogP contribution in [-0.4, -0.2) is 0 Å². The van der Waals surface area contributed by atoms with Crippen molar-refractivity contribution in [3.05, 3.63) is 4.91 Å². The van der Waals surface area contributed by atoms with Gasteiger partial charge >= 0.3 is 28.3 Å². The van der Waals surface area contributed by atoms with E-state index in [0.717, 1.165) is 0 Å². The Hall–Kier alpha value is -0.390. The van der Waals surface area contributed by atoms with E-state index >= 15 is 0 Å². The molecule has 0 saturated carbocycles. The quantitative estimate of drug-likeness (QED) is 0.327. The second-order valence-electron chi connectivity index (χ2n) is 0.283. The van der Waals surface area contributed by atoms with E-state index in [0.29, 0.717) is 0 Å². The van der Waals surface area contributed by atoms with Crippen LogP contribution in [-0.2, 0) is 4.57 Å². The van der Waals surface area contributed by atoms with E-state index in [4.69, 9.17) is 9.47 Å². The molecule has 0 radical (unpaired) electrons. The minimum atomic E-state index is -0.449. The third-order valence-corrected chi connectivity index (χ3v) is 0.245. The Morgan fingerprint density at radius 3 is 2.40 bits per heavy atom. The number of hydrogen-bond donors (Lipinski definition) is 0. The molecule has 0 bridgehead atoms. The summed E-state index contributed by atoms with van der Waals surface area (Å²) in [6.45, 7) is 0. The van der Waals surface area contributed by atoms with Gasteiger partial charge < -0.3 is 0 Å². The van der Waals surface area contributed by atoms with Crippen molar-refractivity contribution in [3.63, 3.8) is 0 Å². The van der Waals surface area contributed by atoms with Gasteiger partial charge in [0.15, 0.2) is 0 Å². The van der Waals surface area contributed by atoms with Gasteiger partial charge in [-0.05, 0) is 0 Å². The Balaban J connectivity index is 3.61. The summed E-state index contributed by atoms with van der Waals surface area (Å²) in [4.78, 5) is 8.84. The maximum absolute atomic E-state index is 9.10. The molecular formula is CNO2P. The summed E-state index contributed by atoms with van der Waals surface area (Å²) in [6, 6.07) is 0. The molecule has 0 aromatic carbocycles. The van der Waals surface area contributed by atoms with Gasteiger partial charge in [0, 0.05) is 0 Å². The zero-order valence-electron chi connectivity index (χ0n) is 2.21. The summed E-state index contributed by atoms with van der Waals surface area (Å²) in [5.74, 6) is 1.60. The van der Waals surface area contributed by atoms with Crippen molar-refractivity contribution >= 4 is 7.92 Å². The summed E-state index contributed by atoms with van der Waals surface area (Å²) < 4.78 is 9.10. The molecule has 5 heavy (non-hydrogen) atoms. The fourth-order valence-electron chi connectivity index (χ4n) is 0.0167. The summed E-state index contributed by atoms with van der Waals surface area (Å²) in [5.41, 5.74) is 0. The molecule has 0 atom stereocenters. The van der Waals surface area contributed by atoms with Crippen molar-refractivity contribution in [1.29, 1.82) is 0 Å². The molecule has 0 saturated heterocycles. The van der Waals surface area contributed by atoms with Crippen LogP contribution in [0.2, 0.25) is 0 Å². The van der Waals surface area contributed by atoms with Crippen LogP contribution in [0.4, 0.5) is 0 Å². The normalized spacial score (nSPS) is 4.80. The molecule has 0 aliphatic carbocycles. The van der Waals surface area contributed by atoms with Gasteiger partial charge in [0.2, 0.25) is 0 Å². The van der Waals surface area contributed by atoms with Gasteiger partial charge in [0.1, 0.15) is 0 Å². The van der Waals surface area contributed by atoms with Crippen molar-refractivity contribution in [2.75, 3.05) is 0 Å². The average molecular weight is 89.0 g/mol. The Bertz CT molecular complexity index is 111. The number of hydrogen-bond acceptors (Lipinski definition) is 3. The average Bonchev–Trinajstić information content (AvgIpc) is 1.41. The number of rotatable bonds is 0. The maximum atomic E-state index is 9.10. The first kappa shape index (κ1) is 4.61. The van der Waals surface area contributed by atoms with Gasteiger partial charge in [0.05, 0.1) is 0 Å². The molecule has 0 aliphatic heterocycles. The second-order valence-corrected chi connectivity index (χ2v) is 0.665. The molecule has 0 unspecified atom stereocenters. The van der Waals surface area contributed by atoms with Crippen LogP contribution in [0.5, 0.6) is 0 Å². The first-order chi connectivity index (χ1) is 2.41. The molecule has 0 rings (SSSR count). The summed E-state index contributed by atoms with van der Waals surface area (Å²) in [7, 11) is -0.449. The molecule has 0 aromatic rings. The van der Waals surface area contributed by atoms with Crippen LogP contribution in [0.1, 0.15) is 0 Å². The first-order valence-corrected chi connectivity index (χ1v) is 1.62. The molecule has 0 spiro atoms. The minimum absolute atomic E-state index is 0.449. The van der Waals surface area contributed by atoms with E-state index in [1.165, 1.54) is 0 Å². The topological polar surface area (TPSA) is 46.5 Å². The molecular weight excluding hydrogens is 89.0 g/mol. The van der Waals surface area contributed by atoms with Crippen LogP contribution < -0.4 is 0 Å². The van der Waals surface area contributed by atoms with Gasteiger partial charge in [0.25, 0.3) is 0 Å². The predicted molar refractivity (Wildman–Crippen MR) is 17.3 cm³/mol. The molecule has 26 valence electrons. The zero-order chi connectivity index (χ0) is 4.12. The van der Waals surface area contributed by atoms with Crippen molar-refractivity contribution in [2.45, 2.75) is 0 Å². The van der Waals surface area contributed by atoms with Crippen molar-refractivity contribution in [2.24, 2.45) is 5.18 Å². The van der Waals surface area contributed by atoms with Crippen molar-refractivity contribution in [1.82, 2.24) is 0 Å². The molecule has 0 heterocycles. The van der Waals surface area contributed by atoms with Crippen LogP contribution in [0, 0.1) is 10.7 Å².